The summed E-state index contributed by atoms with van der Waals surface area (Å²) in [4.78, 5) is 4.70. The van der Waals surface area contributed by atoms with E-state index in [9.17, 15) is 8.42 Å². The summed E-state index contributed by atoms with van der Waals surface area (Å²) in [6, 6.07) is 7.18. The molecular weight excluding hydrogens is 400 g/mol. The van der Waals surface area contributed by atoms with Crippen LogP contribution in [0.15, 0.2) is 34.2 Å². The Morgan fingerprint density at radius 1 is 1.10 bits per heavy atom. The number of nitrogens with zero attached hydrogens (tertiary/aromatic N) is 2. The van der Waals surface area contributed by atoms with Gasteiger partial charge in [0, 0.05) is 46.9 Å². The Balaban J connectivity index is 1.51. The fourth-order valence-electron chi connectivity index (χ4n) is 4.22. The number of hydrogen-bond acceptors (Lipinski definition) is 4. The predicted octanol–water partition coefficient (Wildman–Crippen LogP) is 2.73. The molecule has 1 aromatic carbocycles. The molecule has 1 aliphatic carbocycles. The molecule has 1 saturated heterocycles. The first-order chi connectivity index (χ1) is 14.5. The third kappa shape index (κ3) is 5.74. The number of benzene rings is 1. The molecule has 1 aliphatic heterocycles. The molecule has 1 saturated carbocycles. The first-order valence-corrected chi connectivity index (χ1v) is 12.5. The summed E-state index contributed by atoms with van der Waals surface area (Å²) in [6.45, 7) is 3.53. The summed E-state index contributed by atoms with van der Waals surface area (Å²) in [6.07, 6.45) is 7.81. The maximum atomic E-state index is 12.8. The largest absolute Gasteiger partial charge is 0.385 e. The van der Waals surface area contributed by atoms with Crippen molar-refractivity contribution in [3.63, 3.8) is 0 Å². The van der Waals surface area contributed by atoms with Crippen LogP contribution in [0.5, 0.6) is 0 Å². The van der Waals surface area contributed by atoms with Gasteiger partial charge in [-0.05, 0) is 55.2 Å². The molecule has 0 radical (unpaired) electrons. The van der Waals surface area contributed by atoms with E-state index in [0.29, 0.717) is 29.9 Å². The van der Waals surface area contributed by atoms with Gasteiger partial charge in [0.1, 0.15) is 0 Å². The maximum Gasteiger partial charge on any atom is 0.243 e. The summed E-state index contributed by atoms with van der Waals surface area (Å²) in [5, 5.41) is 6.78. The van der Waals surface area contributed by atoms with Crippen LogP contribution in [0.3, 0.4) is 0 Å². The fourth-order valence-corrected chi connectivity index (χ4v) is 5.74. The molecule has 0 spiro atoms. The monoisotopic (exact) mass is 436 g/mol. The Hall–Kier alpha value is -1.64. The van der Waals surface area contributed by atoms with Crippen molar-refractivity contribution >= 4 is 16.0 Å². The number of aliphatic imine (C=N–C) groups is 1. The fraction of sp³-hybridized carbons (Fsp3) is 0.682. The van der Waals surface area contributed by atoms with Crippen LogP contribution in [0, 0.1) is 5.41 Å². The number of piperidine rings is 1. The van der Waals surface area contributed by atoms with Crippen molar-refractivity contribution < 1.29 is 13.2 Å². The minimum Gasteiger partial charge on any atom is -0.385 e. The first kappa shape index (κ1) is 23.0. The third-order valence-electron chi connectivity index (χ3n) is 6.44. The van der Waals surface area contributed by atoms with E-state index in [1.807, 2.05) is 12.1 Å². The van der Waals surface area contributed by atoms with Gasteiger partial charge in [0.05, 0.1) is 4.90 Å². The Morgan fingerprint density at radius 3 is 2.37 bits per heavy atom. The van der Waals surface area contributed by atoms with Gasteiger partial charge in [-0.1, -0.05) is 25.0 Å². The minimum absolute atomic E-state index is 0.318. The van der Waals surface area contributed by atoms with Gasteiger partial charge in [-0.3, -0.25) is 4.99 Å². The molecule has 0 amide bonds. The van der Waals surface area contributed by atoms with Gasteiger partial charge in [-0.2, -0.15) is 4.31 Å². The molecule has 0 bridgehead atoms. The molecule has 8 heteroatoms. The Labute approximate surface area is 181 Å². The van der Waals surface area contributed by atoms with E-state index in [2.05, 4.69) is 15.6 Å². The lowest BCUT2D eigenvalue weighted by Gasteiger charge is -2.42. The van der Waals surface area contributed by atoms with Gasteiger partial charge < -0.3 is 15.4 Å². The number of guanidine groups is 1. The van der Waals surface area contributed by atoms with Crippen LogP contribution in [-0.4, -0.2) is 59.1 Å². The molecule has 1 aromatic rings. The average Bonchev–Trinajstić information content (AvgIpc) is 2.75. The molecule has 0 aromatic heterocycles. The zero-order valence-corrected chi connectivity index (χ0v) is 19.1. The van der Waals surface area contributed by atoms with Crippen LogP contribution < -0.4 is 10.6 Å². The molecule has 30 heavy (non-hydrogen) atoms. The summed E-state index contributed by atoms with van der Waals surface area (Å²) >= 11 is 0. The van der Waals surface area contributed by atoms with Crippen molar-refractivity contribution in [2.75, 3.05) is 40.4 Å². The molecule has 2 fully saturated rings. The van der Waals surface area contributed by atoms with Gasteiger partial charge in [0.25, 0.3) is 0 Å². The number of nitrogens with one attached hydrogen (secondary N) is 2. The molecule has 2 aliphatic rings. The van der Waals surface area contributed by atoms with Crippen LogP contribution in [0.1, 0.15) is 50.5 Å². The number of ether oxygens (including phenoxy) is 1. The van der Waals surface area contributed by atoms with Crippen molar-refractivity contribution in [3.05, 3.63) is 29.8 Å². The molecule has 0 unspecified atom stereocenters. The second-order valence-corrected chi connectivity index (χ2v) is 10.4. The van der Waals surface area contributed by atoms with Crippen molar-refractivity contribution in [1.29, 1.82) is 0 Å². The van der Waals surface area contributed by atoms with Gasteiger partial charge in [-0.25, -0.2) is 8.42 Å². The Morgan fingerprint density at radius 2 is 1.80 bits per heavy atom. The predicted molar refractivity (Wildman–Crippen MR) is 120 cm³/mol. The van der Waals surface area contributed by atoms with Crippen molar-refractivity contribution in [1.82, 2.24) is 14.9 Å². The lowest BCUT2D eigenvalue weighted by molar-refractivity contribution is 0.0732. The SMILES string of the molecule is CN=C(NCc1ccc(S(=O)(=O)N2CCCCC2)cc1)NCC1(CCOC)CCC1. The number of hydrogen-bond donors (Lipinski definition) is 2. The zero-order valence-electron chi connectivity index (χ0n) is 18.3. The normalized spacial score (nSPS) is 19.9. The lowest BCUT2D eigenvalue weighted by Crippen LogP contribution is -2.46. The summed E-state index contributed by atoms with van der Waals surface area (Å²) < 4.78 is 32.4. The zero-order chi connectivity index (χ0) is 21.5. The summed E-state index contributed by atoms with van der Waals surface area (Å²) in [5.74, 6) is 0.767. The molecule has 168 valence electrons. The van der Waals surface area contributed by atoms with Crippen molar-refractivity contribution in [3.8, 4) is 0 Å². The highest BCUT2D eigenvalue weighted by Crippen LogP contribution is 2.43. The molecule has 2 N–H and O–H groups in total. The van der Waals surface area contributed by atoms with Gasteiger partial charge in [-0.15, -0.1) is 0 Å². The maximum absolute atomic E-state index is 12.8. The molecular formula is C22H36N4O3S. The van der Waals surface area contributed by atoms with E-state index in [4.69, 9.17) is 4.74 Å². The highest BCUT2D eigenvalue weighted by Gasteiger charge is 2.36. The summed E-state index contributed by atoms with van der Waals surface area (Å²) in [5.41, 5.74) is 1.34. The smallest absolute Gasteiger partial charge is 0.243 e. The van der Waals surface area contributed by atoms with Crippen LogP contribution in [0.25, 0.3) is 0 Å². The first-order valence-electron chi connectivity index (χ1n) is 11.0. The second-order valence-electron chi connectivity index (χ2n) is 8.48. The standard InChI is InChI=1S/C22H36N4O3S/c1-23-21(25-18-22(11-6-12-22)13-16-29-2)24-17-19-7-9-20(10-8-19)30(27,28)26-14-4-3-5-15-26/h7-10H,3-6,11-18H2,1-2H3,(H2,23,24,25). The van der Waals surface area contributed by atoms with Crippen molar-refractivity contribution in [2.45, 2.75) is 56.4 Å². The average molecular weight is 437 g/mol. The lowest BCUT2D eigenvalue weighted by atomic mass is 9.67. The van der Waals surface area contributed by atoms with Crippen LogP contribution in [-0.2, 0) is 21.3 Å². The van der Waals surface area contributed by atoms with Gasteiger partial charge in [0.2, 0.25) is 10.0 Å². The van der Waals surface area contributed by atoms with Crippen LogP contribution in [0.4, 0.5) is 0 Å². The summed E-state index contributed by atoms with van der Waals surface area (Å²) in [7, 11) is 0.146. The number of sulfonamides is 1. The van der Waals surface area contributed by atoms with E-state index < -0.39 is 10.0 Å². The van der Waals surface area contributed by atoms with E-state index in [0.717, 1.165) is 50.4 Å². The van der Waals surface area contributed by atoms with Crippen LogP contribution in [0.2, 0.25) is 0 Å². The number of rotatable bonds is 9. The molecule has 7 nitrogen and oxygen atoms in total. The third-order valence-corrected chi connectivity index (χ3v) is 8.35. The number of methoxy groups -OCH3 is 1. The quantitative estimate of drug-likeness (QED) is 0.459. The van der Waals surface area contributed by atoms with Gasteiger partial charge >= 0.3 is 0 Å². The van der Waals surface area contributed by atoms with Gasteiger partial charge in [0.15, 0.2) is 5.96 Å². The van der Waals surface area contributed by atoms with E-state index in [1.165, 1.54) is 19.3 Å². The Bertz CT molecular complexity index is 798. The minimum atomic E-state index is -3.38. The van der Waals surface area contributed by atoms with Crippen LogP contribution >= 0.6 is 0 Å². The highest BCUT2D eigenvalue weighted by molar-refractivity contribution is 7.89. The molecule has 0 atom stereocenters. The van der Waals surface area contributed by atoms with Crippen molar-refractivity contribution in [2.24, 2.45) is 10.4 Å². The van der Waals surface area contributed by atoms with E-state index >= 15 is 0 Å². The Kier molecular flexibility index (Phi) is 8.13. The second kappa shape index (κ2) is 10.6. The molecule has 3 rings (SSSR count). The molecule has 1 heterocycles. The van der Waals surface area contributed by atoms with E-state index in [1.54, 1.807) is 30.6 Å². The van der Waals surface area contributed by atoms with E-state index in [-0.39, 0.29) is 0 Å². The topological polar surface area (TPSA) is 83.0 Å². The highest BCUT2D eigenvalue weighted by atomic mass is 32.2.